The second kappa shape index (κ2) is 6.50. The quantitative estimate of drug-likeness (QED) is 0.740. The standard InChI is InChI=1S/C13H24N2O3/c1-17-11-13(3-2-4-13)10-14-12(16)9-15-5-7-18-8-6-15/h2-11H2,1H3,(H,14,16). The van der Waals surface area contributed by atoms with Crippen LogP contribution in [0, 0.1) is 5.41 Å². The Hall–Kier alpha value is -0.650. The summed E-state index contributed by atoms with van der Waals surface area (Å²) in [4.78, 5) is 14.0. The predicted molar refractivity (Wildman–Crippen MR) is 68.4 cm³/mol. The highest BCUT2D eigenvalue weighted by molar-refractivity contribution is 5.78. The van der Waals surface area contributed by atoms with Crippen molar-refractivity contribution in [1.82, 2.24) is 10.2 Å². The zero-order chi connectivity index (χ0) is 12.8. The fourth-order valence-corrected chi connectivity index (χ4v) is 2.66. The van der Waals surface area contributed by atoms with Gasteiger partial charge in [-0.3, -0.25) is 9.69 Å². The van der Waals surface area contributed by atoms with Crippen molar-refractivity contribution < 1.29 is 14.3 Å². The number of amides is 1. The molecule has 0 spiro atoms. The Bertz CT molecular complexity index is 273. The van der Waals surface area contributed by atoms with Crippen LogP contribution in [-0.2, 0) is 14.3 Å². The molecule has 18 heavy (non-hydrogen) atoms. The van der Waals surface area contributed by atoms with E-state index in [0.717, 1.165) is 39.5 Å². The molecule has 1 saturated heterocycles. The maximum Gasteiger partial charge on any atom is 0.234 e. The van der Waals surface area contributed by atoms with E-state index in [1.165, 1.54) is 19.3 Å². The number of nitrogens with one attached hydrogen (secondary N) is 1. The molecule has 1 aliphatic heterocycles. The summed E-state index contributed by atoms with van der Waals surface area (Å²) in [6.45, 7) is 5.19. The smallest absolute Gasteiger partial charge is 0.234 e. The van der Waals surface area contributed by atoms with E-state index in [-0.39, 0.29) is 11.3 Å². The van der Waals surface area contributed by atoms with Gasteiger partial charge in [0.2, 0.25) is 5.91 Å². The fourth-order valence-electron chi connectivity index (χ4n) is 2.66. The van der Waals surface area contributed by atoms with Crippen molar-refractivity contribution in [2.24, 2.45) is 5.41 Å². The Morgan fingerprint density at radius 1 is 1.39 bits per heavy atom. The van der Waals surface area contributed by atoms with Gasteiger partial charge in [-0.15, -0.1) is 0 Å². The first-order valence-corrected chi connectivity index (χ1v) is 6.80. The molecule has 1 N–H and O–H groups in total. The number of hydrogen-bond donors (Lipinski definition) is 1. The minimum Gasteiger partial charge on any atom is -0.384 e. The van der Waals surface area contributed by atoms with Crippen LogP contribution in [0.5, 0.6) is 0 Å². The molecule has 0 aromatic heterocycles. The van der Waals surface area contributed by atoms with Gasteiger partial charge in [-0.2, -0.15) is 0 Å². The van der Waals surface area contributed by atoms with Crippen LogP contribution in [-0.4, -0.2) is 63.9 Å². The predicted octanol–water partition coefficient (Wildman–Crippen LogP) is 0.252. The lowest BCUT2D eigenvalue weighted by Gasteiger charge is -2.41. The van der Waals surface area contributed by atoms with E-state index in [2.05, 4.69) is 10.2 Å². The normalized spacial score (nSPS) is 23.4. The first-order valence-electron chi connectivity index (χ1n) is 6.80. The average Bonchev–Trinajstić information content (AvgIpc) is 2.34. The number of methoxy groups -OCH3 is 1. The van der Waals surface area contributed by atoms with Crippen LogP contribution in [0.25, 0.3) is 0 Å². The molecule has 2 aliphatic rings. The Labute approximate surface area is 109 Å². The van der Waals surface area contributed by atoms with Gasteiger partial charge >= 0.3 is 0 Å². The molecule has 2 fully saturated rings. The molecule has 0 bridgehead atoms. The lowest BCUT2D eigenvalue weighted by Crippen LogP contribution is -2.48. The molecule has 104 valence electrons. The monoisotopic (exact) mass is 256 g/mol. The summed E-state index contributed by atoms with van der Waals surface area (Å²) in [5.41, 5.74) is 0.204. The lowest BCUT2D eigenvalue weighted by atomic mass is 9.69. The number of nitrogens with zero attached hydrogens (tertiary/aromatic N) is 1. The summed E-state index contributed by atoms with van der Waals surface area (Å²) >= 11 is 0. The van der Waals surface area contributed by atoms with Crippen molar-refractivity contribution in [3.63, 3.8) is 0 Å². The Balaban J connectivity index is 1.67. The second-order valence-corrected chi connectivity index (χ2v) is 5.45. The summed E-state index contributed by atoms with van der Waals surface area (Å²) in [6.07, 6.45) is 3.58. The van der Waals surface area contributed by atoms with Crippen LogP contribution in [0.15, 0.2) is 0 Å². The summed E-state index contributed by atoms with van der Waals surface area (Å²) in [5, 5.41) is 3.06. The minimum atomic E-state index is 0.124. The van der Waals surface area contributed by atoms with Gasteiger partial charge in [-0.05, 0) is 12.8 Å². The number of ether oxygens (including phenoxy) is 2. The van der Waals surface area contributed by atoms with E-state index in [9.17, 15) is 4.79 Å². The molecule has 0 aromatic carbocycles. The van der Waals surface area contributed by atoms with Crippen LogP contribution < -0.4 is 5.32 Å². The Kier molecular flexibility index (Phi) is 4.97. The van der Waals surface area contributed by atoms with E-state index in [4.69, 9.17) is 9.47 Å². The molecule has 5 nitrogen and oxygen atoms in total. The van der Waals surface area contributed by atoms with E-state index in [1.54, 1.807) is 7.11 Å². The van der Waals surface area contributed by atoms with Crippen LogP contribution >= 0.6 is 0 Å². The van der Waals surface area contributed by atoms with Crippen molar-refractivity contribution in [1.29, 1.82) is 0 Å². The molecule has 5 heteroatoms. The Morgan fingerprint density at radius 3 is 2.67 bits per heavy atom. The molecule has 1 heterocycles. The molecular weight excluding hydrogens is 232 g/mol. The number of morpholine rings is 1. The highest BCUT2D eigenvalue weighted by atomic mass is 16.5. The van der Waals surface area contributed by atoms with Gasteiger partial charge < -0.3 is 14.8 Å². The van der Waals surface area contributed by atoms with E-state index >= 15 is 0 Å². The van der Waals surface area contributed by atoms with Crippen LogP contribution in [0.1, 0.15) is 19.3 Å². The summed E-state index contributed by atoms with van der Waals surface area (Å²) in [6, 6.07) is 0. The third-order valence-corrected chi connectivity index (χ3v) is 4.00. The van der Waals surface area contributed by atoms with E-state index in [1.807, 2.05) is 0 Å². The third-order valence-electron chi connectivity index (χ3n) is 4.00. The third kappa shape index (κ3) is 3.67. The van der Waals surface area contributed by atoms with Gasteiger partial charge in [0.25, 0.3) is 0 Å². The van der Waals surface area contributed by atoms with Gasteiger partial charge in [0.15, 0.2) is 0 Å². The summed E-state index contributed by atoms with van der Waals surface area (Å²) < 4.78 is 10.5. The summed E-state index contributed by atoms with van der Waals surface area (Å²) in [7, 11) is 1.73. The average molecular weight is 256 g/mol. The van der Waals surface area contributed by atoms with Gasteiger partial charge in [0.1, 0.15) is 0 Å². The molecule has 2 rings (SSSR count). The first kappa shape index (κ1) is 13.8. The SMILES string of the molecule is COCC1(CNC(=O)CN2CCOCC2)CCC1. The first-order chi connectivity index (χ1) is 8.74. The van der Waals surface area contributed by atoms with Crippen molar-refractivity contribution in [2.45, 2.75) is 19.3 Å². The second-order valence-electron chi connectivity index (χ2n) is 5.45. The van der Waals surface area contributed by atoms with E-state index < -0.39 is 0 Å². The van der Waals surface area contributed by atoms with Crippen molar-refractivity contribution in [3.8, 4) is 0 Å². The largest absolute Gasteiger partial charge is 0.384 e. The highest BCUT2D eigenvalue weighted by Gasteiger charge is 2.37. The van der Waals surface area contributed by atoms with Crippen LogP contribution in [0.2, 0.25) is 0 Å². The Morgan fingerprint density at radius 2 is 2.11 bits per heavy atom. The fraction of sp³-hybridized carbons (Fsp3) is 0.923. The van der Waals surface area contributed by atoms with Gasteiger partial charge in [-0.25, -0.2) is 0 Å². The number of rotatable bonds is 6. The van der Waals surface area contributed by atoms with Crippen LogP contribution in [0.4, 0.5) is 0 Å². The van der Waals surface area contributed by atoms with Crippen molar-refractivity contribution in [3.05, 3.63) is 0 Å². The molecule has 0 unspecified atom stereocenters. The zero-order valence-electron chi connectivity index (χ0n) is 11.2. The van der Waals surface area contributed by atoms with Gasteiger partial charge in [0, 0.05) is 32.2 Å². The van der Waals surface area contributed by atoms with E-state index in [0.29, 0.717) is 6.54 Å². The summed E-state index contributed by atoms with van der Waals surface area (Å²) in [5.74, 6) is 0.124. The van der Waals surface area contributed by atoms with Crippen LogP contribution in [0.3, 0.4) is 0 Å². The molecule has 0 atom stereocenters. The van der Waals surface area contributed by atoms with Gasteiger partial charge in [-0.1, -0.05) is 6.42 Å². The molecular formula is C13H24N2O3. The number of carbonyl (C=O) groups excluding carboxylic acids is 1. The number of carbonyl (C=O) groups is 1. The number of hydrogen-bond acceptors (Lipinski definition) is 4. The van der Waals surface area contributed by atoms with Crippen molar-refractivity contribution in [2.75, 3.05) is 53.1 Å². The molecule has 0 radical (unpaired) electrons. The molecule has 1 saturated carbocycles. The highest BCUT2D eigenvalue weighted by Crippen LogP contribution is 2.40. The zero-order valence-corrected chi connectivity index (χ0v) is 11.2. The van der Waals surface area contributed by atoms with Gasteiger partial charge in [0.05, 0.1) is 26.4 Å². The topological polar surface area (TPSA) is 50.8 Å². The maximum absolute atomic E-state index is 11.9. The maximum atomic E-state index is 11.9. The minimum absolute atomic E-state index is 0.124. The van der Waals surface area contributed by atoms with Crippen molar-refractivity contribution >= 4 is 5.91 Å². The molecule has 1 aliphatic carbocycles. The molecule has 1 amide bonds. The molecule has 0 aromatic rings. The lowest BCUT2D eigenvalue weighted by molar-refractivity contribution is -0.124.